The van der Waals surface area contributed by atoms with Crippen LogP contribution in [0.4, 0.5) is 0 Å². The Kier molecular flexibility index (Phi) is 3.36. The van der Waals surface area contributed by atoms with Crippen LogP contribution in [0.3, 0.4) is 0 Å². The summed E-state index contributed by atoms with van der Waals surface area (Å²) < 4.78 is 10.4. The van der Waals surface area contributed by atoms with Crippen molar-refractivity contribution in [3.63, 3.8) is 0 Å². The van der Waals surface area contributed by atoms with E-state index >= 15 is 0 Å². The molecule has 0 aliphatic rings. The molecule has 0 fully saturated rings. The van der Waals surface area contributed by atoms with E-state index in [4.69, 9.17) is 9.47 Å². The van der Waals surface area contributed by atoms with E-state index in [0.29, 0.717) is 29.9 Å². The van der Waals surface area contributed by atoms with Crippen LogP contribution in [-0.2, 0) is 4.74 Å². The Morgan fingerprint density at radius 3 is 2.76 bits per heavy atom. The SMILES string of the molecule is COCCOc1ccc2c(=O)c3n[nH]nc3c(=O)[nH]c2c1. The fourth-order valence-electron chi connectivity index (χ4n) is 2.01. The van der Waals surface area contributed by atoms with E-state index < -0.39 is 5.56 Å². The maximum absolute atomic E-state index is 12.3. The lowest BCUT2D eigenvalue weighted by atomic mass is 10.2. The van der Waals surface area contributed by atoms with Crippen LogP contribution in [0.1, 0.15) is 0 Å². The van der Waals surface area contributed by atoms with Crippen LogP contribution in [-0.4, -0.2) is 40.7 Å². The van der Waals surface area contributed by atoms with Gasteiger partial charge in [-0.25, -0.2) is 0 Å². The molecule has 108 valence electrons. The maximum atomic E-state index is 12.3. The molecule has 2 N–H and O–H groups in total. The molecule has 0 aliphatic heterocycles. The van der Waals surface area contributed by atoms with Gasteiger partial charge in [-0.2, -0.15) is 15.4 Å². The van der Waals surface area contributed by atoms with Crippen LogP contribution >= 0.6 is 0 Å². The summed E-state index contributed by atoms with van der Waals surface area (Å²) in [5.74, 6) is 0.535. The number of hydrogen-bond donors (Lipinski definition) is 2. The van der Waals surface area contributed by atoms with E-state index in [9.17, 15) is 9.59 Å². The molecule has 8 nitrogen and oxygen atoms in total. The summed E-state index contributed by atoms with van der Waals surface area (Å²) in [6.45, 7) is 0.822. The number of aromatic nitrogens is 4. The third-order valence-corrected chi connectivity index (χ3v) is 3.02. The Labute approximate surface area is 117 Å². The maximum Gasteiger partial charge on any atom is 0.278 e. The number of H-pyrrole nitrogens is 2. The van der Waals surface area contributed by atoms with Gasteiger partial charge in [-0.05, 0) is 12.1 Å². The monoisotopic (exact) mass is 288 g/mol. The van der Waals surface area contributed by atoms with Gasteiger partial charge in [-0.1, -0.05) is 0 Å². The number of nitrogens with zero attached hydrogens (tertiary/aromatic N) is 2. The lowest BCUT2D eigenvalue weighted by molar-refractivity contribution is 0.146. The van der Waals surface area contributed by atoms with E-state index in [-0.39, 0.29) is 16.5 Å². The zero-order chi connectivity index (χ0) is 14.8. The van der Waals surface area contributed by atoms with E-state index in [1.54, 1.807) is 25.3 Å². The first-order valence-corrected chi connectivity index (χ1v) is 6.23. The van der Waals surface area contributed by atoms with Crippen molar-refractivity contribution in [1.82, 2.24) is 20.4 Å². The average molecular weight is 288 g/mol. The molecule has 3 aromatic rings. The number of hydrogen-bond acceptors (Lipinski definition) is 6. The van der Waals surface area contributed by atoms with Gasteiger partial charge in [0.05, 0.1) is 12.1 Å². The summed E-state index contributed by atoms with van der Waals surface area (Å²) >= 11 is 0. The van der Waals surface area contributed by atoms with Gasteiger partial charge < -0.3 is 14.5 Å². The first kappa shape index (κ1) is 13.3. The second kappa shape index (κ2) is 5.33. The molecule has 0 spiro atoms. The van der Waals surface area contributed by atoms with Gasteiger partial charge in [0.2, 0.25) is 5.43 Å². The lowest BCUT2D eigenvalue weighted by Crippen LogP contribution is -2.05. The number of rotatable bonds is 4. The Hall–Kier alpha value is -2.74. The third kappa shape index (κ3) is 2.36. The smallest absolute Gasteiger partial charge is 0.278 e. The molecule has 0 unspecified atom stereocenters. The van der Waals surface area contributed by atoms with Crippen molar-refractivity contribution >= 4 is 21.9 Å². The van der Waals surface area contributed by atoms with Crippen molar-refractivity contribution in [3.8, 4) is 5.75 Å². The molecule has 8 heteroatoms. The number of ether oxygens (including phenoxy) is 2. The van der Waals surface area contributed by atoms with Crippen LogP contribution in [0.5, 0.6) is 5.75 Å². The predicted octanol–water partition coefficient (Wildman–Crippen LogP) is 0.185. The van der Waals surface area contributed by atoms with Gasteiger partial charge in [0.25, 0.3) is 5.56 Å². The zero-order valence-electron chi connectivity index (χ0n) is 11.2. The summed E-state index contributed by atoms with van der Waals surface area (Å²) in [5.41, 5.74) is -0.479. The number of fused-ring (bicyclic) bond motifs is 2. The molecule has 0 saturated heterocycles. The van der Waals surface area contributed by atoms with Crippen molar-refractivity contribution in [2.75, 3.05) is 20.3 Å². The van der Waals surface area contributed by atoms with Crippen molar-refractivity contribution in [2.45, 2.75) is 0 Å². The molecule has 0 saturated carbocycles. The minimum atomic E-state index is -0.486. The highest BCUT2D eigenvalue weighted by Crippen LogP contribution is 2.16. The fourth-order valence-corrected chi connectivity index (χ4v) is 2.01. The van der Waals surface area contributed by atoms with Crippen molar-refractivity contribution in [1.29, 1.82) is 0 Å². The normalized spacial score (nSPS) is 11.1. The molecule has 0 atom stereocenters. The second-order valence-electron chi connectivity index (χ2n) is 4.35. The van der Waals surface area contributed by atoms with Crippen molar-refractivity contribution < 1.29 is 9.47 Å². The molecular formula is C13H12N4O4. The van der Waals surface area contributed by atoms with Gasteiger partial charge in [-0.3, -0.25) is 9.59 Å². The molecule has 21 heavy (non-hydrogen) atoms. The van der Waals surface area contributed by atoms with Gasteiger partial charge >= 0.3 is 0 Å². The van der Waals surface area contributed by atoms with Crippen LogP contribution in [0.25, 0.3) is 21.9 Å². The molecular weight excluding hydrogens is 276 g/mol. The summed E-state index contributed by atoms with van der Waals surface area (Å²) in [7, 11) is 1.58. The molecule has 0 amide bonds. The quantitative estimate of drug-likeness (QED) is 0.663. The number of nitrogens with one attached hydrogen (secondary N) is 2. The minimum absolute atomic E-state index is 0.0132. The minimum Gasteiger partial charge on any atom is -0.491 e. The second-order valence-corrected chi connectivity index (χ2v) is 4.35. The molecule has 0 aliphatic carbocycles. The average Bonchev–Trinajstić information content (AvgIpc) is 2.93. The Bertz CT molecular complexity index is 915. The topological polar surface area (TPSA) is 110 Å². The molecule has 3 rings (SSSR count). The molecule has 0 radical (unpaired) electrons. The van der Waals surface area contributed by atoms with Crippen molar-refractivity contribution in [2.24, 2.45) is 0 Å². The highest BCUT2D eigenvalue weighted by Gasteiger charge is 2.10. The summed E-state index contributed by atoms with van der Waals surface area (Å²) in [4.78, 5) is 27.0. The van der Waals surface area contributed by atoms with Crippen LogP contribution in [0.2, 0.25) is 0 Å². The number of aromatic amines is 2. The largest absolute Gasteiger partial charge is 0.491 e. The van der Waals surface area contributed by atoms with E-state index in [1.807, 2.05) is 0 Å². The summed E-state index contributed by atoms with van der Waals surface area (Å²) in [5, 5.41) is 10.1. The highest BCUT2D eigenvalue weighted by atomic mass is 16.5. The molecule has 2 aromatic heterocycles. The fraction of sp³-hybridized carbons (Fsp3) is 0.231. The van der Waals surface area contributed by atoms with E-state index in [2.05, 4.69) is 20.4 Å². The standard InChI is InChI=1S/C13H12N4O4/c1-20-4-5-21-7-2-3-8-9(6-7)14-13(19)11-10(12(8)18)15-17-16-11/h2-3,6H,4-5H2,1H3,(H,14,19)(H,15,16,17). The van der Waals surface area contributed by atoms with Gasteiger partial charge in [0.15, 0.2) is 11.0 Å². The molecule has 1 aromatic carbocycles. The zero-order valence-corrected chi connectivity index (χ0v) is 11.2. The van der Waals surface area contributed by atoms with Gasteiger partial charge in [0.1, 0.15) is 12.4 Å². The van der Waals surface area contributed by atoms with Gasteiger partial charge in [-0.15, -0.1) is 0 Å². The van der Waals surface area contributed by atoms with Crippen LogP contribution in [0, 0.1) is 0 Å². The van der Waals surface area contributed by atoms with Gasteiger partial charge in [0, 0.05) is 18.6 Å². The Balaban J connectivity index is 2.20. The number of benzene rings is 1. The summed E-state index contributed by atoms with van der Waals surface area (Å²) in [6.07, 6.45) is 0. The number of methoxy groups -OCH3 is 1. The lowest BCUT2D eigenvalue weighted by Gasteiger charge is -2.05. The molecule has 2 heterocycles. The van der Waals surface area contributed by atoms with Crippen molar-refractivity contribution in [3.05, 3.63) is 38.8 Å². The first-order chi connectivity index (χ1) is 10.2. The van der Waals surface area contributed by atoms with Crippen LogP contribution in [0.15, 0.2) is 27.8 Å². The Morgan fingerprint density at radius 2 is 1.95 bits per heavy atom. The van der Waals surface area contributed by atoms with Crippen LogP contribution < -0.4 is 15.7 Å². The highest BCUT2D eigenvalue weighted by molar-refractivity contribution is 5.87. The predicted molar refractivity (Wildman–Crippen MR) is 75.7 cm³/mol. The van der Waals surface area contributed by atoms with E-state index in [1.165, 1.54) is 0 Å². The van der Waals surface area contributed by atoms with E-state index in [0.717, 1.165) is 0 Å². The Morgan fingerprint density at radius 1 is 1.14 bits per heavy atom. The first-order valence-electron chi connectivity index (χ1n) is 6.23. The molecule has 0 bridgehead atoms. The third-order valence-electron chi connectivity index (χ3n) is 3.02. The summed E-state index contributed by atoms with van der Waals surface area (Å²) in [6, 6.07) is 4.84.